The van der Waals surface area contributed by atoms with Crippen LogP contribution in [0, 0.1) is 0 Å². The first kappa shape index (κ1) is 15.5. The summed E-state index contributed by atoms with van der Waals surface area (Å²) >= 11 is 0. The molecular formula is C15H30N2O. The number of amides is 1. The lowest BCUT2D eigenvalue weighted by Gasteiger charge is -2.37. The van der Waals surface area contributed by atoms with Crippen LogP contribution in [0.2, 0.25) is 0 Å². The Hall–Kier alpha value is -0.570. The Kier molecular flexibility index (Phi) is 6.69. The Morgan fingerprint density at radius 3 is 2.50 bits per heavy atom. The van der Waals surface area contributed by atoms with Crippen LogP contribution in [0.15, 0.2) is 0 Å². The van der Waals surface area contributed by atoms with Crippen LogP contribution in [-0.2, 0) is 4.79 Å². The van der Waals surface area contributed by atoms with Gasteiger partial charge < -0.3 is 10.6 Å². The van der Waals surface area contributed by atoms with E-state index in [1.807, 2.05) is 7.05 Å². The number of rotatable bonds is 7. The molecule has 1 saturated carbocycles. The predicted octanol–water partition coefficient (Wildman–Crippen LogP) is 2.99. The van der Waals surface area contributed by atoms with Crippen molar-refractivity contribution in [2.24, 2.45) is 0 Å². The molecule has 1 rings (SSSR count). The normalized spacial score (nSPS) is 20.4. The van der Waals surface area contributed by atoms with Gasteiger partial charge in [-0.05, 0) is 33.2 Å². The van der Waals surface area contributed by atoms with E-state index in [1.54, 1.807) is 0 Å². The van der Waals surface area contributed by atoms with Crippen LogP contribution in [0.3, 0.4) is 0 Å². The number of unbranched alkanes of at least 4 members (excludes halogenated alkanes) is 1. The molecule has 1 aliphatic rings. The SMILES string of the molecule is CCCCC(C)NC(=O)CC1(NC)CCCCC1. The first-order valence-electron chi connectivity index (χ1n) is 7.60. The second-order valence-electron chi connectivity index (χ2n) is 5.88. The van der Waals surface area contributed by atoms with Crippen LogP contribution in [-0.4, -0.2) is 24.5 Å². The summed E-state index contributed by atoms with van der Waals surface area (Å²) in [7, 11) is 2.00. The second kappa shape index (κ2) is 7.78. The van der Waals surface area contributed by atoms with Crippen LogP contribution in [0.1, 0.15) is 71.6 Å². The van der Waals surface area contributed by atoms with Crippen molar-refractivity contribution in [1.29, 1.82) is 0 Å². The van der Waals surface area contributed by atoms with E-state index in [0.717, 1.165) is 19.3 Å². The highest BCUT2D eigenvalue weighted by molar-refractivity contribution is 5.77. The molecular weight excluding hydrogens is 224 g/mol. The number of hydrogen-bond acceptors (Lipinski definition) is 2. The molecule has 0 aromatic heterocycles. The van der Waals surface area contributed by atoms with Gasteiger partial charge in [0.25, 0.3) is 0 Å². The van der Waals surface area contributed by atoms with E-state index in [0.29, 0.717) is 12.5 Å². The molecule has 0 bridgehead atoms. The molecule has 1 amide bonds. The summed E-state index contributed by atoms with van der Waals surface area (Å²) in [6.07, 6.45) is 10.2. The van der Waals surface area contributed by atoms with E-state index in [4.69, 9.17) is 0 Å². The van der Waals surface area contributed by atoms with Gasteiger partial charge in [-0.15, -0.1) is 0 Å². The third-order valence-corrected chi connectivity index (χ3v) is 4.24. The fourth-order valence-electron chi connectivity index (χ4n) is 2.96. The summed E-state index contributed by atoms with van der Waals surface area (Å²) < 4.78 is 0. The van der Waals surface area contributed by atoms with Gasteiger partial charge in [0.1, 0.15) is 0 Å². The zero-order chi connectivity index (χ0) is 13.4. The molecule has 18 heavy (non-hydrogen) atoms. The molecule has 2 N–H and O–H groups in total. The maximum atomic E-state index is 12.1. The zero-order valence-electron chi connectivity index (χ0n) is 12.3. The molecule has 0 saturated heterocycles. The summed E-state index contributed by atoms with van der Waals surface area (Å²) in [5.41, 5.74) is 0.0623. The average Bonchev–Trinajstić information content (AvgIpc) is 2.37. The zero-order valence-corrected chi connectivity index (χ0v) is 12.3. The van der Waals surface area contributed by atoms with Crippen molar-refractivity contribution in [2.75, 3.05) is 7.05 Å². The van der Waals surface area contributed by atoms with Crippen molar-refractivity contribution < 1.29 is 4.79 Å². The Bertz CT molecular complexity index is 247. The molecule has 3 nitrogen and oxygen atoms in total. The van der Waals surface area contributed by atoms with E-state index < -0.39 is 0 Å². The summed E-state index contributed by atoms with van der Waals surface area (Å²) in [6, 6.07) is 0.315. The fraction of sp³-hybridized carbons (Fsp3) is 0.933. The van der Waals surface area contributed by atoms with Gasteiger partial charge in [-0.25, -0.2) is 0 Å². The van der Waals surface area contributed by atoms with Crippen molar-refractivity contribution in [3.63, 3.8) is 0 Å². The highest BCUT2D eigenvalue weighted by Gasteiger charge is 2.32. The fourth-order valence-corrected chi connectivity index (χ4v) is 2.96. The Balaban J connectivity index is 2.37. The maximum absolute atomic E-state index is 12.1. The van der Waals surface area contributed by atoms with Crippen molar-refractivity contribution in [1.82, 2.24) is 10.6 Å². The standard InChI is InChI=1S/C15H30N2O/c1-4-5-9-13(2)17-14(18)12-15(16-3)10-7-6-8-11-15/h13,16H,4-12H2,1-3H3,(H,17,18). The molecule has 3 heteroatoms. The molecule has 1 fully saturated rings. The number of hydrogen-bond donors (Lipinski definition) is 2. The van der Waals surface area contributed by atoms with Gasteiger partial charge in [-0.3, -0.25) is 4.79 Å². The minimum Gasteiger partial charge on any atom is -0.354 e. The second-order valence-corrected chi connectivity index (χ2v) is 5.88. The molecule has 1 unspecified atom stereocenters. The van der Waals surface area contributed by atoms with Crippen molar-refractivity contribution >= 4 is 5.91 Å². The minimum absolute atomic E-state index is 0.0623. The molecule has 0 aromatic carbocycles. The summed E-state index contributed by atoms with van der Waals surface area (Å²) in [5, 5.41) is 6.55. The first-order valence-corrected chi connectivity index (χ1v) is 7.60. The average molecular weight is 254 g/mol. The van der Waals surface area contributed by atoms with Gasteiger partial charge >= 0.3 is 0 Å². The predicted molar refractivity (Wildman–Crippen MR) is 76.6 cm³/mol. The monoisotopic (exact) mass is 254 g/mol. The van der Waals surface area contributed by atoms with E-state index in [9.17, 15) is 4.79 Å². The molecule has 1 aliphatic carbocycles. The van der Waals surface area contributed by atoms with Crippen LogP contribution in [0.4, 0.5) is 0 Å². The molecule has 1 atom stereocenters. The summed E-state index contributed by atoms with van der Waals surface area (Å²) in [4.78, 5) is 12.1. The van der Waals surface area contributed by atoms with E-state index in [2.05, 4.69) is 24.5 Å². The van der Waals surface area contributed by atoms with Gasteiger partial charge in [0.05, 0.1) is 0 Å². The lowest BCUT2D eigenvalue weighted by molar-refractivity contribution is -0.123. The van der Waals surface area contributed by atoms with E-state index in [1.165, 1.54) is 32.1 Å². The summed E-state index contributed by atoms with van der Waals surface area (Å²) in [6.45, 7) is 4.30. The van der Waals surface area contributed by atoms with E-state index in [-0.39, 0.29) is 11.4 Å². The third-order valence-electron chi connectivity index (χ3n) is 4.24. The van der Waals surface area contributed by atoms with Crippen LogP contribution < -0.4 is 10.6 Å². The molecule has 106 valence electrons. The number of carbonyl (C=O) groups is 1. The highest BCUT2D eigenvalue weighted by atomic mass is 16.1. The van der Waals surface area contributed by atoms with Crippen LogP contribution in [0.25, 0.3) is 0 Å². The maximum Gasteiger partial charge on any atom is 0.222 e. The Labute approximate surface area is 112 Å². The topological polar surface area (TPSA) is 41.1 Å². The molecule has 0 spiro atoms. The number of carbonyl (C=O) groups excluding carboxylic acids is 1. The highest BCUT2D eigenvalue weighted by Crippen LogP contribution is 2.30. The largest absolute Gasteiger partial charge is 0.354 e. The first-order chi connectivity index (χ1) is 8.62. The minimum atomic E-state index is 0.0623. The lowest BCUT2D eigenvalue weighted by Crippen LogP contribution is -2.49. The van der Waals surface area contributed by atoms with Crippen LogP contribution >= 0.6 is 0 Å². The smallest absolute Gasteiger partial charge is 0.222 e. The Morgan fingerprint density at radius 1 is 1.28 bits per heavy atom. The molecule has 0 aromatic rings. The van der Waals surface area contributed by atoms with Gasteiger partial charge in [-0.2, -0.15) is 0 Å². The Morgan fingerprint density at radius 2 is 1.94 bits per heavy atom. The van der Waals surface area contributed by atoms with Crippen molar-refractivity contribution in [3.8, 4) is 0 Å². The summed E-state index contributed by atoms with van der Waals surface area (Å²) in [5.74, 6) is 0.217. The van der Waals surface area contributed by atoms with Crippen molar-refractivity contribution in [3.05, 3.63) is 0 Å². The quantitative estimate of drug-likeness (QED) is 0.733. The van der Waals surface area contributed by atoms with E-state index >= 15 is 0 Å². The third kappa shape index (κ3) is 4.97. The van der Waals surface area contributed by atoms with Gasteiger partial charge in [0.15, 0.2) is 0 Å². The van der Waals surface area contributed by atoms with Crippen molar-refractivity contribution in [2.45, 2.75) is 83.2 Å². The lowest BCUT2D eigenvalue weighted by atomic mass is 9.79. The number of nitrogens with one attached hydrogen (secondary N) is 2. The van der Waals surface area contributed by atoms with Crippen LogP contribution in [0.5, 0.6) is 0 Å². The molecule has 0 heterocycles. The molecule has 0 aliphatic heterocycles. The van der Waals surface area contributed by atoms with Gasteiger partial charge in [-0.1, -0.05) is 39.0 Å². The molecule has 0 radical (unpaired) electrons. The van der Waals surface area contributed by atoms with Gasteiger partial charge in [0.2, 0.25) is 5.91 Å². The van der Waals surface area contributed by atoms with Gasteiger partial charge in [0, 0.05) is 18.0 Å².